The zero-order valence-electron chi connectivity index (χ0n) is 8.00. The molecule has 0 amide bonds. The zero-order chi connectivity index (χ0) is 8.62. The topological polar surface area (TPSA) is 0 Å². The van der Waals surface area contributed by atoms with E-state index in [-0.39, 0.29) is 5.04 Å². The Kier molecular flexibility index (Phi) is 9.28. The van der Waals surface area contributed by atoms with Crippen LogP contribution in [0, 0.1) is 0 Å². The molecule has 0 N–H and O–H groups in total. The molecule has 0 radical (unpaired) electrons. The van der Waals surface area contributed by atoms with E-state index in [1.54, 1.807) is 0 Å². The largest absolute Gasteiger partial charge is 0.322 e. The predicted molar refractivity (Wildman–Crippen MR) is 49.9 cm³/mol. The van der Waals surface area contributed by atoms with E-state index >= 15 is 0 Å². The Morgan fingerprint density at radius 1 is 1.10 bits per heavy atom. The second-order valence-corrected chi connectivity index (χ2v) is 6.08. The molecule has 0 aliphatic heterocycles. The molecular formula is C8H21FSi. The van der Waals surface area contributed by atoms with Gasteiger partial charge in [-0.1, -0.05) is 47.5 Å². The summed E-state index contributed by atoms with van der Waals surface area (Å²) in [7, 11) is -1.25. The SMILES string of the molecule is CC(C)(C)[SiH2]F.CCCC. The summed E-state index contributed by atoms with van der Waals surface area (Å²) in [6.45, 7) is 10.2. The summed E-state index contributed by atoms with van der Waals surface area (Å²) in [5.41, 5.74) is 0. The minimum atomic E-state index is -1.25. The molecule has 0 saturated carbocycles. The molecular weight excluding hydrogens is 143 g/mol. The summed E-state index contributed by atoms with van der Waals surface area (Å²) in [4.78, 5) is 0. The van der Waals surface area contributed by atoms with Crippen LogP contribution in [0.2, 0.25) is 5.04 Å². The maximum atomic E-state index is 11.6. The molecule has 0 fully saturated rings. The fourth-order valence-electron chi connectivity index (χ4n) is 0. The number of hydrogen-bond acceptors (Lipinski definition) is 0. The molecule has 0 aromatic carbocycles. The highest BCUT2D eigenvalue weighted by molar-refractivity contribution is 6.30. The summed E-state index contributed by atoms with van der Waals surface area (Å²) in [6.07, 6.45) is 2.64. The Balaban J connectivity index is 0. The van der Waals surface area contributed by atoms with E-state index < -0.39 is 9.85 Å². The monoisotopic (exact) mass is 164 g/mol. The van der Waals surface area contributed by atoms with Crippen molar-refractivity contribution in [3.05, 3.63) is 0 Å². The molecule has 0 aromatic heterocycles. The van der Waals surface area contributed by atoms with Gasteiger partial charge in [-0.3, -0.25) is 0 Å². The molecule has 0 nitrogen and oxygen atoms in total. The van der Waals surface area contributed by atoms with E-state index in [0.717, 1.165) is 0 Å². The van der Waals surface area contributed by atoms with E-state index in [1.165, 1.54) is 12.8 Å². The van der Waals surface area contributed by atoms with Crippen LogP contribution in [-0.4, -0.2) is 9.85 Å². The highest BCUT2D eigenvalue weighted by Gasteiger charge is 2.08. The highest BCUT2D eigenvalue weighted by Crippen LogP contribution is 2.19. The van der Waals surface area contributed by atoms with E-state index in [4.69, 9.17) is 0 Å². The lowest BCUT2D eigenvalue weighted by molar-refractivity contribution is 0.681. The van der Waals surface area contributed by atoms with Gasteiger partial charge >= 0.3 is 0 Å². The molecule has 0 heterocycles. The zero-order valence-corrected chi connectivity index (χ0v) is 9.41. The maximum Gasteiger partial charge on any atom is 0.221 e. The quantitative estimate of drug-likeness (QED) is 0.413. The fraction of sp³-hybridized carbons (Fsp3) is 1.00. The van der Waals surface area contributed by atoms with Crippen molar-refractivity contribution in [2.45, 2.75) is 52.5 Å². The van der Waals surface area contributed by atoms with E-state index in [0.29, 0.717) is 0 Å². The van der Waals surface area contributed by atoms with Crippen molar-refractivity contribution in [3.8, 4) is 0 Å². The first-order valence-electron chi connectivity index (χ1n) is 4.04. The summed E-state index contributed by atoms with van der Waals surface area (Å²) in [5, 5.41) is 0.0139. The first kappa shape index (κ1) is 12.8. The van der Waals surface area contributed by atoms with Crippen LogP contribution in [-0.2, 0) is 0 Å². The van der Waals surface area contributed by atoms with Crippen LogP contribution in [0.15, 0.2) is 0 Å². The van der Waals surface area contributed by atoms with Crippen molar-refractivity contribution in [3.63, 3.8) is 0 Å². The van der Waals surface area contributed by atoms with Crippen molar-refractivity contribution in [2.75, 3.05) is 0 Å². The average Bonchev–Trinajstić information content (AvgIpc) is 1.87. The van der Waals surface area contributed by atoms with Crippen LogP contribution >= 0.6 is 0 Å². The molecule has 10 heavy (non-hydrogen) atoms. The first-order valence-corrected chi connectivity index (χ1v) is 5.28. The van der Waals surface area contributed by atoms with Gasteiger partial charge in [-0.25, -0.2) is 0 Å². The van der Waals surface area contributed by atoms with Gasteiger partial charge in [-0.15, -0.1) is 0 Å². The lowest BCUT2D eigenvalue weighted by atomic mass is 10.3. The van der Waals surface area contributed by atoms with E-state index in [9.17, 15) is 4.11 Å². The third-order valence-corrected chi connectivity index (χ3v) is 1.70. The lowest BCUT2D eigenvalue weighted by Gasteiger charge is -2.08. The summed E-state index contributed by atoms with van der Waals surface area (Å²) in [6, 6.07) is 0. The van der Waals surface area contributed by atoms with Gasteiger partial charge in [-0.2, -0.15) is 0 Å². The van der Waals surface area contributed by atoms with Gasteiger partial charge in [0.15, 0.2) is 0 Å². The Bertz CT molecular complexity index is 54.8. The number of halogens is 1. The third kappa shape index (κ3) is 24.2. The standard InChI is InChI=1S/C4H11FSi.C4H10/c1-4(2,3)6-5;1-3-4-2/h6H2,1-3H3;3-4H2,1-2H3. The van der Waals surface area contributed by atoms with Gasteiger partial charge in [-0.05, 0) is 5.04 Å². The molecule has 0 rings (SSSR count). The van der Waals surface area contributed by atoms with Gasteiger partial charge < -0.3 is 4.11 Å². The molecule has 0 aliphatic carbocycles. The molecule has 0 saturated heterocycles. The van der Waals surface area contributed by atoms with E-state index in [2.05, 4.69) is 13.8 Å². The third-order valence-electron chi connectivity index (χ3n) is 0.901. The van der Waals surface area contributed by atoms with Crippen LogP contribution in [0.3, 0.4) is 0 Å². The molecule has 0 atom stereocenters. The molecule has 0 unspecified atom stereocenters. The molecule has 0 aliphatic rings. The van der Waals surface area contributed by atoms with Crippen molar-refractivity contribution < 1.29 is 4.11 Å². The van der Waals surface area contributed by atoms with E-state index in [1.807, 2.05) is 20.8 Å². The minimum absolute atomic E-state index is 0.0139. The smallest absolute Gasteiger partial charge is 0.221 e. The first-order chi connectivity index (χ1) is 4.47. The summed E-state index contributed by atoms with van der Waals surface area (Å²) >= 11 is 0. The Morgan fingerprint density at radius 2 is 1.30 bits per heavy atom. The molecule has 0 bridgehead atoms. The van der Waals surface area contributed by atoms with Gasteiger partial charge in [0, 0.05) is 0 Å². The lowest BCUT2D eigenvalue weighted by Crippen LogP contribution is -2.00. The van der Waals surface area contributed by atoms with Crippen LogP contribution in [0.4, 0.5) is 4.11 Å². The van der Waals surface area contributed by atoms with Crippen LogP contribution in [0.5, 0.6) is 0 Å². The Morgan fingerprint density at radius 3 is 1.30 bits per heavy atom. The summed E-state index contributed by atoms with van der Waals surface area (Å²) in [5.74, 6) is 0. The average molecular weight is 164 g/mol. The Labute approximate surface area is 67.2 Å². The second kappa shape index (κ2) is 7.26. The number of unbranched alkanes of at least 4 members (excludes halogenated alkanes) is 1. The van der Waals surface area contributed by atoms with Crippen LogP contribution in [0.1, 0.15) is 47.5 Å². The predicted octanol–water partition coefficient (Wildman–Crippen LogP) is 3.06. The number of rotatable bonds is 1. The van der Waals surface area contributed by atoms with Crippen molar-refractivity contribution in [1.82, 2.24) is 0 Å². The maximum absolute atomic E-state index is 11.6. The summed E-state index contributed by atoms with van der Waals surface area (Å²) < 4.78 is 11.6. The second-order valence-electron chi connectivity index (χ2n) is 3.69. The molecule has 0 aromatic rings. The van der Waals surface area contributed by atoms with Crippen LogP contribution < -0.4 is 0 Å². The van der Waals surface area contributed by atoms with Crippen LogP contribution in [0.25, 0.3) is 0 Å². The molecule has 64 valence electrons. The molecule has 0 spiro atoms. The van der Waals surface area contributed by atoms with Crippen molar-refractivity contribution >= 4 is 9.85 Å². The van der Waals surface area contributed by atoms with Crippen molar-refractivity contribution in [1.29, 1.82) is 0 Å². The molecule has 2 heteroatoms. The minimum Gasteiger partial charge on any atom is -0.322 e. The fourth-order valence-corrected chi connectivity index (χ4v) is 0. The normalized spacial score (nSPS) is 11.4. The Hall–Kier alpha value is 0.147. The number of hydrogen-bond donors (Lipinski definition) is 0. The highest BCUT2D eigenvalue weighted by atomic mass is 28.3. The van der Waals surface area contributed by atoms with Gasteiger partial charge in [0.05, 0.1) is 0 Å². The van der Waals surface area contributed by atoms with Gasteiger partial charge in [0.2, 0.25) is 9.85 Å². The van der Waals surface area contributed by atoms with Crippen molar-refractivity contribution in [2.24, 2.45) is 0 Å². The van der Waals surface area contributed by atoms with Gasteiger partial charge in [0.1, 0.15) is 0 Å². The van der Waals surface area contributed by atoms with Gasteiger partial charge in [0.25, 0.3) is 0 Å².